The third kappa shape index (κ3) is 13.7. The van der Waals surface area contributed by atoms with Crippen LogP contribution in [0.4, 0.5) is 22.7 Å². The summed E-state index contributed by atoms with van der Waals surface area (Å²) >= 11 is 3.30. The summed E-state index contributed by atoms with van der Waals surface area (Å²) in [5.41, 5.74) is 3.18. The van der Waals surface area contributed by atoms with Crippen molar-refractivity contribution in [1.29, 1.82) is 0 Å². The average molecular weight is 745 g/mol. The maximum absolute atomic E-state index is 11.9. The van der Waals surface area contributed by atoms with E-state index < -0.39 is 9.85 Å². The van der Waals surface area contributed by atoms with Gasteiger partial charge in [0.2, 0.25) is 0 Å². The van der Waals surface area contributed by atoms with Crippen LogP contribution in [0.15, 0.2) is 57.9 Å². The number of halogens is 1. The minimum atomic E-state index is -0.411. The first kappa shape index (κ1) is 42.9. The lowest BCUT2D eigenvalue weighted by Crippen LogP contribution is -2.23. The number of pyridine rings is 1. The number of nitrogens with zero attached hydrogens (tertiary/aromatic N) is 3. The fourth-order valence-electron chi connectivity index (χ4n) is 4.39. The van der Waals surface area contributed by atoms with Gasteiger partial charge in [-0.1, -0.05) is 15.9 Å². The number of anilines is 2. The van der Waals surface area contributed by atoms with Crippen molar-refractivity contribution in [3.8, 4) is 11.1 Å². The third-order valence-electron chi connectivity index (χ3n) is 6.21. The zero-order valence-electron chi connectivity index (χ0n) is 27.4. The largest absolute Gasteiger partial charge is 0.377 e. The van der Waals surface area contributed by atoms with Crippen molar-refractivity contribution in [2.75, 3.05) is 23.7 Å². The summed E-state index contributed by atoms with van der Waals surface area (Å²) in [6.07, 6.45) is 1.85. The van der Waals surface area contributed by atoms with Gasteiger partial charge in [-0.2, -0.15) is 27.0 Å². The maximum atomic E-state index is 11.9. The molecule has 1 heterocycles. The fourth-order valence-corrected chi connectivity index (χ4v) is 4.75. The lowest BCUT2D eigenvalue weighted by Gasteiger charge is -2.17. The number of aryl methyl sites for hydroxylation is 2. The molecule has 3 aromatic rings. The number of ether oxygens (including phenoxy) is 2. The second kappa shape index (κ2) is 20.2. The third-order valence-corrected chi connectivity index (χ3v) is 6.71. The van der Waals surface area contributed by atoms with E-state index in [-0.39, 0.29) is 68.3 Å². The van der Waals surface area contributed by atoms with Crippen molar-refractivity contribution in [3.63, 3.8) is 0 Å². The van der Waals surface area contributed by atoms with E-state index in [0.717, 1.165) is 15.6 Å². The van der Waals surface area contributed by atoms with Gasteiger partial charge in [-0.05, 0) is 89.9 Å². The van der Waals surface area contributed by atoms with E-state index >= 15 is 0 Å². The van der Waals surface area contributed by atoms with E-state index in [2.05, 4.69) is 26.6 Å². The van der Waals surface area contributed by atoms with Crippen molar-refractivity contribution < 1.29 is 19.3 Å². The summed E-state index contributed by atoms with van der Waals surface area (Å²) in [5, 5.41) is 28.4. The van der Waals surface area contributed by atoms with Crippen LogP contribution in [0.3, 0.4) is 0 Å². The number of nitro benzene ring substituents is 2. The van der Waals surface area contributed by atoms with Crippen LogP contribution in [0.1, 0.15) is 47.1 Å². The first-order valence-corrected chi connectivity index (χ1v) is 15.1. The second-order valence-electron chi connectivity index (χ2n) is 11.0. The molecule has 0 radical (unpaired) electrons. The van der Waals surface area contributed by atoms with Gasteiger partial charge in [0.25, 0.3) is 16.9 Å². The molecule has 0 aliphatic carbocycles. The summed E-state index contributed by atoms with van der Waals surface area (Å²) in [7, 11) is 1.69. The normalized spacial score (nSPS) is 11.8. The van der Waals surface area contributed by atoms with Crippen molar-refractivity contribution in [2.24, 2.45) is 7.05 Å². The molecule has 2 atom stereocenters. The minimum Gasteiger partial charge on any atom is -0.377 e. The van der Waals surface area contributed by atoms with E-state index in [4.69, 9.17) is 9.47 Å². The maximum Gasteiger partial charge on any atom is 0.292 e. The Labute approximate surface area is 292 Å². The van der Waals surface area contributed by atoms with Crippen LogP contribution in [0.25, 0.3) is 11.1 Å². The molecule has 256 valence electrons. The molecule has 0 spiro atoms. The molecule has 1 aromatic heterocycles. The summed E-state index contributed by atoms with van der Waals surface area (Å²) in [4.78, 5) is 33.3. The van der Waals surface area contributed by atoms with Gasteiger partial charge in [0.15, 0.2) is 0 Å². The van der Waals surface area contributed by atoms with Gasteiger partial charge in [-0.15, -0.1) is 0 Å². The Morgan fingerprint density at radius 2 is 1.24 bits per heavy atom. The molecule has 2 aromatic carbocycles. The summed E-state index contributed by atoms with van der Waals surface area (Å²) in [5.74, 6) is 0. The highest BCUT2D eigenvalue weighted by Gasteiger charge is 2.17. The highest BCUT2D eigenvalue weighted by molar-refractivity contribution is 9.10. The molecular weight excluding hydrogens is 698 g/mol. The molecule has 0 saturated carbocycles. The molecule has 46 heavy (non-hydrogen) atoms. The first-order valence-electron chi connectivity index (χ1n) is 14.3. The van der Waals surface area contributed by atoms with E-state index in [1.807, 2.05) is 41.5 Å². The number of rotatable bonds is 13. The Balaban J connectivity index is 0.000000897. The Bertz CT molecular complexity index is 1480. The number of aromatic nitrogens is 1. The van der Waals surface area contributed by atoms with Crippen LogP contribution in [0.5, 0.6) is 0 Å². The number of hydrogen-bond acceptors (Lipinski definition) is 9. The highest BCUT2D eigenvalue weighted by atomic mass is 79.9. The van der Waals surface area contributed by atoms with Gasteiger partial charge in [0, 0.05) is 48.5 Å². The van der Waals surface area contributed by atoms with Crippen molar-refractivity contribution >= 4 is 65.7 Å². The highest BCUT2D eigenvalue weighted by Crippen LogP contribution is 2.31. The van der Waals surface area contributed by atoms with E-state index in [1.165, 1.54) is 16.7 Å². The number of nitro groups is 2. The smallest absolute Gasteiger partial charge is 0.292 e. The predicted octanol–water partition coefficient (Wildman–Crippen LogP) is 7.30. The topological polar surface area (TPSA) is 151 Å². The predicted molar refractivity (Wildman–Crippen MR) is 198 cm³/mol. The van der Waals surface area contributed by atoms with Crippen LogP contribution in [0, 0.1) is 27.2 Å². The zero-order chi connectivity index (χ0) is 33.1. The lowest BCUT2D eigenvalue weighted by molar-refractivity contribution is -0.384. The molecule has 3 rings (SSSR count). The molecule has 12 nitrogen and oxygen atoms in total. The molecule has 0 aliphatic rings. The zero-order valence-corrected chi connectivity index (χ0v) is 31.0. The molecule has 2 N–H and O–H groups in total. The van der Waals surface area contributed by atoms with Gasteiger partial charge in [-0.25, -0.2) is 0 Å². The van der Waals surface area contributed by atoms with Gasteiger partial charge in [0.05, 0.1) is 34.3 Å². The molecule has 0 unspecified atom stereocenters. The monoisotopic (exact) mass is 743 g/mol. The van der Waals surface area contributed by atoms with Crippen LogP contribution < -0.4 is 16.2 Å². The lowest BCUT2D eigenvalue weighted by atomic mass is 10.0. The Morgan fingerprint density at radius 3 is 1.67 bits per heavy atom. The number of nitrogens with one attached hydrogen (secondary N) is 2. The first-order chi connectivity index (χ1) is 20.6. The SMILES string of the molecule is CC(C)O[C@@H](C)CNc1cc(Br)ccc1[N+](=O)[O-].Cc1cc(-c2ccc([N+](=O)[O-])c(NC[C@H](C)OC(C)C)c2)cn(C)c1=O.S.S. The molecule has 0 fully saturated rings. The van der Waals surface area contributed by atoms with Crippen molar-refractivity contribution in [3.05, 3.63) is 89.3 Å². The molecule has 0 amide bonds. The molecule has 0 bridgehead atoms. The number of benzene rings is 2. The quantitative estimate of drug-likeness (QED) is 0.136. The van der Waals surface area contributed by atoms with Crippen molar-refractivity contribution in [1.82, 2.24) is 4.57 Å². The Hall–Kier alpha value is -3.11. The van der Waals surface area contributed by atoms with Gasteiger partial charge < -0.3 is 24.7 Å². The summed E-state index contributed by atoms with van der Waals surface area (Å²) in [6.45, 7) is 14.4. The van der Waals surface area contributed by atoms with Crippen LogP contribution >= 0.6 is 42.9 Å². The van der Waals surface area contributed by atoms with E-state index in [9.17, 15) is 25.0 Å². The molecule has 0 saturated heterocycles. The summed E-state index contributed by atoms with van der Waals surface area (Å²) in [6, 6.07) is 11.5. The molecular formula is C31H46BrN5O7S2. The van der Waals surface area contributed by atoms with E-state index in [1.54, 1.807) is 50.5 Å². The van der Waals surface area contributed by atoms with Crippen LogP contribution in [0.2, 0.25) is 0 Å². The van der Waals surface area contributed by atoms with Crippen LogP contribution in [-0.4, -0.2) is 51.9 Å². The molecule has 0 aliphatic heterocycles. The number of hydrogen-bond donors (Lipinski definition) is 2. The second-order valence-corrected chi connectivity index (χ2v) is 11.9. The Morgan fingerprint density at radius 1 is 0.783 bits per heavy atom. The van der Waals surface area contributed by atoms with Gasteiger partial charge >= 0.3 is 0 Å². The standard InChI is InChI=1S/C19H25N3O4.C12H17BrN2O3.2H2S/c1-12(2)26-14(4)10-20-17-9-15(6-7-18(17)22(24)25)16-8-13(3)19(23)21(5)11-16;1-8(2)18-9(3)7-14-11-6-10(13)4-5-12(11)15(16)17;;/h6-9,11-12,14,20H,10H2,1-5H3;4-6,8-9,14H,7H2,1-3H3;2*1H2/t14-;9-;;/m00../s1. The van der Waals surface area contributed by atoms with Gasteiger partial charge in [0.1, 0.15) is 11.4 Å². The Kier molecular flexibility index (Phi) is 18.8. The average Bonchev–Trinajstić information content (AvgIpc) is 2.92. The summed E-state index contributed by atoms with van der Waals surface area (Å²) < 4.78 is 13.5. The fraction of sp³-hybridized carbons (Fsp3) is 0.452. The van der Waals surface area contributed by atoms with Crippen LogP contribution in [-0.2, 0) is 16.5 Å². The molecule has 15 heteroatoms. The van der Waals surface area contributed by atoms with Gasteiger partial charge in [-0.3, -0.25) is 25.0 Å². The minimum absolute atomic E-state index is 0. The van der Waals surface area contributed by atoms with E-state index in [0.29, 0.717) is 30.0 Å². The van der Waals surface area contributed by atoms with Crippen molar-refractivity contribution in [2.45, 2.75) is 72.9 Å².